The maximum Gasteiger partial charge on any atom is 0.200 e. The number of aromatic nitrogens is 2. The first-order valence-electron chi connectivity index (χ1n) is 8.05. The molecule has 4 aromatic rings. The lowest BCUT2D eigenvalue weighted by atomic mass is 9.96. The number of hydrogen-bond donors (Lipinski definition) is 2. The summed E-state index contributed by atoms with van der Waals surface area (Å²) in [5.41, 5.74) is 2.00. The van der Waals surface area contributed by atoms with Gasteiger partial charge in [0.25, 0.3) is 0 Å². The Hall–Kier alpha value is -3.31. The molecule has 26 heavy (non-hydrogen) atoms. The highest BCUT2D eigenvalue weighted by molar-refractivity contribution is 7.71. The van der Waals surface area contributed by atoms with Crippen molar-refractivity contribution in [3.05, 3.63) is 88.8 Å². The number of phenols is 1. The van der Waals surface area contributed by atoms with Gasteiger partial charge in [-0.2, -0.15) is 0 Å². The van der Waals surface area contributed by atoms with Crippen LogP contribution >= 0.6 is 12.2 Å². The normalized spacial score (nSPS) is 10.8. The van der Waals surface area contributed by atoms with E-state index in [1.54, 1.807) is 12.1 Å². The van der Waals surface area contributed by atoms with Crippen molar-refractivity contribution in [2.24, 2.45) is 0 Å². The quantitative estimate of drug-likeness (QED) is 0.404. The van der Waals surface area contributed by atoms with Crippen LogP contribution in [0.4, 0.5) is 0 Å². The molecule has 126 valence electrons. The van der Waals surface area contributed by atoms with E-state index < -0.39 is 0 Å². The molecule has 4 rings (SSSR count). The number of nitrogens with zero attached hydrogens (tertiary/aromatic N) is 1. The number of fused-ring (bicyclic) bond motifs is 1. The highest BCUT2D eigenvalue weighted by atomic mass is 32.1. The van der Waals surface area contributed by atoms with Gasteiger partial charge in [-0.15, -0.1) is 0 Å². The molecule has 0 aliphatic rings. The molecular weight excluding hydrogens is 344 g/mol. The standard InChI is InChI=1S/C21H14N2O2S/c24-19-15-9-5-4-6-13(15)10-11-16(19)20(25)17-12-22-21(26)23-18(17)14-7-2-1-3-8-14/h1-12,24H,(H,22,23,26). The van der Waals surface area contributed by atoms with Gasteiger partial charge in [0, 0.05) is 11.6 Å². The third kappa shape index (κ3) is 2.78. The first-order valence-corrected chi connectivity index (χ1v) is 8.46. The van der Waals surface area contributed by atoms with Crippen LogP contribution in [0.3, 0.4) is 0 Å². The predicted molar refractivity (Wildman–Crippen MR) is 104 cm³/mol. The number of nitrogens with one attached hydrogen (secondary N) is 1. The van der Waals surface area contributed by atoms with Crippen LogP contribution in [0.25, 0.3) is 22.0 Å². The SMILES string of the molecule is O=C(c1cnc(=S)[nH]c1-c1ccccc1)c1ccc2ccccc2c1O. The summed E-state index contributed by atoms with van der Waals surface area (Å²) in [6, 6.07) is 20.3. The van der Waals surface area contributed by atoms with E-state index in [2.05, 4.69) is 9.97 Å². The van der Waals surface area contributed by atoms with Gasteiger partial charge in [-0.1, -0.05) is 60.7 Å². The van der Waals surface area contributed by atoms with Gasteiger partial charge < -0.3 is 10.1 Å². The predicted octanol–water partition coefficient (Wildman–Crippen LogP) is 4.90. The van der Waals surface area contributed by atoms with E-state index >= 15 is 0 Å². The average Bonchev–Trinajstić information content (AvgIpc) is 2.69. The summed E-state index contributed by atoms with van der Waals surface area (Å²) in [5, 5.41) is 12.1. The molecule has 4 nitrogen and oxygen atoms in total. The molecule has 3 aromatic carbocycles. The van der Waals surface area contributed by atoms with Crippen LogP contribution in [0.1, 0.15) is 15.9 Å². The third-order valence-corrected chi connectivity index (χ3v) is 4.47. The van der Waals surface area contributed by atoms with Gasteiger partial charge >= 0.3 is 0 Å². The Bertz CT molecular complexity index is 1180. The molecule has 0 amide bonds. The van der Waals surface area contributed by atoms with Crippen molar-refractivity contribution >= 4 is 28.8 Å². The Morgan fingerprint density at radius 1 is 0.923 bits per heavy atom. The fourth-order valence-corrected chi connectivity index (χ4v) is 3.14. The molecule has 0 fully saturated rings. The highest BCUT2D eigenvalue weighted by Crippen LogP contribution is 2.32. The van der Waals surface area contributed by atoms with Crippen LogP contribution in [0.15, 0.2) is 72.9 Å². The summed E-state index contributed by atoms with van der Waals surface area (Å²) in [7, 11) is 0. The van der Waals surface area contributed by atoms with E-state index in [4.69, 9.17) is 12.2 Å². The van der Waals surface area contributed by atoms with E-state index in [1.165, 1.54) is 6.20 Å². The second kappa shape index (κ2) is 6.54. The van der Waals surface area contributed by atoms with E-state index in [-0.39, 0.29) is 17.1 Å². The van der Waals surface area contributed by atoms with Crippen LogP contribution in [-0.4, -0.2) is 20.9 Å². The monoisotopic (exact) mass is 358 g/mol. The van der Waals surface area contributed by atoms with Crippen molar-refractivity contribution in [3.8, 4) is 17.0 Å². The van der Waals surface area contributed by atoms with E-state index in [0.29, 0.717) is 21.4 Å². The van der Waals surface area contributed by atoms with Gasteiger partial charge in [-0.05, 0) is 29.2 Å². The number of aromatic hydroxyl groups is 1. The minimum Gasteiger partial charge on any atom is -0.507 e. The molecule has 0 aliphatic heterocycles. The molecule has 2 N–H and O–H groups in total. The molecule has 0 aliphatic carbocycles. The average molecular weight is 358 g/mol. The maximum absolute atomic E-state index is 13.2. The fourth-order valence-electron chi connectivity index (χ4n) is 2.98. The number of carbonyl (C=O) groups excluding carboxylic acids is 1. The van der Waals surface area contributed by atoms with Gasteiger partial charge in [0.2, 0.25) is 0 Å². The Morgan fingerprint density at radius 2 is 1.65 bits per heavy atom. The Kier molecular flexibility index (Phi) is 4.07. The van der Waals surface area contributed by atoms with Crippen LogP contribution in [-0.2, 0) is 0 Å². The lowest BCUT2D eigenvalue weighted by Gasteiger charge is -2.11. The number of aromatic amines is 1. The molecule has 0 atom stereocenters. The molecule has 0 bridgehead atoms. The summed E-state index contributed by atoms with van der Waals surface area (Å²) < 4.78 is 0.295. The molecule has 0 radical (unpaired) electrons. The van der Waals surface area contributed by atoms with Crippen molar-refractivity contribution in [1.82, 2.24) is 9.97 Å². The van der Waals surface area contributed by atoms with Crippen molar-refractivity contribution < 1.29 is 9.90 Å². The number of phenolic OH excluding ortho intramolecular Hbond substituents is 1. The second-order valence-corrected chi connectivity index (χ2v) is 6.24. The molecule has 1 heterocycles. The maximum atomic E-state index is 13.2. The van der Waals surface area contributed by atoms with Crippen LogP contribution < -0.4 is 0 Å². The Labute approximate surface area is 154 Å². The molecular formula is C21H14N2O2S. The first-order chi connectivity index (χ1) is 12.6. The summed E-state index contributed by atoms with van der Waals surface area (Å²) in [4.78, 5) is 20.2. The largest absolute Gasteiger partial charge is 0.507 e. The van der Waals surface area contributed by atoms with Crippen LogP contribution in [0.5, 0.6) is 5.75 Å². The number of H-pyrrole nitrogens is 1. The molecule has 5 heteroatoms. The fraction of sp³-hybridized carbons (Fsp3) is 0. The zero-order valence-electron chi connectivity index (χ0n) is 13.6. The van der Waals surface area contributed by atoms with Gasteiger partial charge in [-0.3, -0.25) is 4.79 Å². The van der Waals surface area contributed by atoms with Gasteiger partial charge in [0.15, 0.2) is 10.6 Å². The number of rotatable bonds is 3. The van der Waals surface area contributed by atoms with E-state index in [0.717, 1.165) is 10.9 Å². The summed E-state index contributed by atoms with van der Waals surface area (Å²) in [6.45, 7) is 0. The van der Waals surface area contributed by atoms with Gasteiger partial charge in [0.05, 0.1) is 16.8 Å². The smallest absolute Gasteiger partial charge is 0.200 e. The zero-order valence-corrected chi connectivity index (χ0v) is 14.5. The Balaban J connectivity index is 1.90. The van der Waals surface area contributed by atoms with Crippen molar-refractivity contribution in [3.63, 3.8) is 0 Å². The van der Waals surface area contributed by atoms with Crippen molar-refractivity contribution in [1.29, 1.82) is 0 Å². The number of carbonyl (C=O) groups is 1. The lowest BCUT2D eigenvalue weighted by Crippen LogP contribution is -2.07. The minimum absolute atomic E-state index is 0.0328. The second-order valence-electron chi connectivity index (χ2n) is 5.86. The topological polar surface area (TPSA) is 66.0 Å². The molecule has 0 unspecified atom stereocenters. The Morgan fingerprint density at radius 3 is 2.46 bits per heavy atom. The lowest BCUT2D eigenvalue weighted by molar-refractivity contribution is 0.103. The number of benzene rings is 3. The molecule has 1 aromatic heterocycles. The van der Waals surface area contributed by atoms with Crippen molar-refractivity contribution in [2.45, 2.75) is 0 Å². The zero-order chi connectivity index (χ0) is 18.1. The third-order valence-electron chi connectivity index (χ3n) is 4.26. The van der Waals surface area contributed by atoms with E-state index in [1.807, 2.05) is 54.6 Å². The summed E-state index contributed by atoms with van der Waals surface area (Å²) in [6.07, 6.45) is 1.46. The first kappa shape index (κ1) is 16.2. The molecule has 0 saturated carbocycles. The summed E-state index contributed by atoms with van der Waals surface area (Å²) >= 11 is 5.12. The van der Waals surface area contributed by atoms with Gasteiger partial charge in [0.1, 0.15) is 5.75 Å². The minimum atomic E-state index is -0.314. The highest BCUT2D eigenvalue weighted by Gasteiger charge is 2.20. The van der Waals surface area contributed by atoms with Crippen molar-refractivity contribution in [2.75, 3.05) is 0 Å². The van der Waals surface area contributed by atoms with Crippen LogP contribution in [0, 0.1) is 4.77 Å². The van der Waals surface area contributed by atoms with E-state index in [9.17, 15) is 9.90 Å². The number of hydrogen-bond acceptors (Lipinski definition) is 4. The molecule has 0 spiro atoms. The summed E-state index contributed by atoms with van der Waals surface area (Å²) in [5.74, 6) is -0.347. The number of ketones is 1. The van der Waals surface area contributed by atoms with Crippen LogP contribution in [0.2, 0.25) is 0 Å². The molecule has 0 saturated heterocycles. The van der Waals surface area contributed by atoms with Gasteiger partial charge in [-0.25, -0.2) is 4.98 Å².